The van der Waals surface area contributed by atoms with E-state index in [1.165, 1.54) is 6.20 Å². The average Bonchev–Trinajstić information content (AvgIpc) is 2.91. The van der Waals surface area contributed by atoms with Crippen molar-refractivity contribution in [3.63, 3.8) is 0 Å². The first-order valence-electron chi connectivity index (χ1n) is 14.3. The predicted molar refractivity (Wildman–Crippen MR) is 159 cm³/mol. The van der Waals surface area contributed by atoms with Gasteiger partial charge in [0.05, 0.1) is 0 Å². The van der Waals surface area contributed by atoms with E-state index in [0.717, 1.165) is 38.5 Å². The molecular formula is C29H44N8O4. The van der Waals surface area contributed by atoms with Crippen molar-refractivity contribution in [1.82, 2.24) is 25.9 Å². The number of hydrogen-bond donors (Lipinski definition) is 6. The van der Waals surface area contributed by atoms with Gasteiger partial charge in [-0.3, -0.25) is 9.59 Å². The molecule has 0 radical (unpaired) electrons. The van der Waals surface area contributed by atoms with Gasteiger partial charge in [0.15, 0.2) is 0 Å². The number of nitrogens with one attached hydrogen (secondary N) is 5. The lowest BCUT2D eigenvalue weighted by molar-refractivity contribution is 0.0479. The van der Waals surface area contributed by atoms with Gasteiger partial charge in [0.25, 0.3) is 5.91 Å². The summed E-state index contributed by atoms with van der Waals surface area (Å²) in [5.41, 5.74) is 6.21. The van der Waals surface area contributed by atoms with Gasteiger partial charge in [-0.2, -0.15) is 4.98 Å². The van der Waals surface area contributed by atoms with Gasteiger partial charge < -0.3 is 37.1 Å². The topological polar surface area (TPSA) is 172 Å². The third-order valence-electron chi connectivity index (χ3n) is 6.52. The Balaban J connectivity index is 1.50. The van der Waals surface area contributed by atoms with Gasteiger partial charge in [-0.15, -0.1) is 0 Å². The SMILES string of the molecule is CCCNc1nc(Nc2ccc(C(N)=O)cc2)ncc1C(=O)NCCCNC1CCCC[C@@H]1NC(=O)OC(C)(C)C. The lowest BCUT2D eigenvalue weighted by Gasteiger charge is -2.33. The van der Waals surface area contributed by atoms with Crippen LogP contribution in [0.25, 0.3) is 0 Å². The van der Waals surface area contributed by atoms with E-state index in [4.69, 9.17) is 10.5 Å². The average molecular weight is 569 g/mol. The van der Waals surface area contributed by atoms with Crippen LogP contribution in [-0.2, 0) is 4.74 Å². The Morgan fingerprint density at radius 3 is 2.39 bits per heavy atom. The molecule has 1 aromatic carbocycles. The second-order valence-corrected chi connectivity index (χ2v) is 11.2. The molecule has 2 atom stereocenters. The van der Waals surface area contributed by atoms with Crippen LogP contribution >= 0.6 is 0 Å². The van der Waals surface area contributed by atoms with E-state index in [2.05, 4.69) is 36.6 Å². The number of alkyl carbamates (subject to hydrolysis) is 1. The number of nitrogens with two attached hydrogens (primary N) is 1. The number of nitrogens with zero attached hydrogens (tertiary/aromatic N) is 2. The molecule has 1 unspecified atom stereocenters. The second-order valence-electron chi connectivity index (χ2n) is 11.2. The van der Waals surface area contributed by atoms with Gasteiger partial charge in [0, 0.05) is 42.6 Å². The quantitative estimate of drug-likeness (QED) is 0.197. The Kier molecular flexibility index (Phi) is 11.7. The summed E-state index contributed by atoms with van der Waals surface area (Å²) in [6.07, 6.45) is 6.75. The molecule has 0 saturated heterocycles. The molecule has 1 fully saturated rings. The molecule has 7 N–H and O–H groups in total. The zero-order valence-electron chi connectivity index (χ0n) is 24.5. The largest absolute Gasteiger partial charge is 0.444 e. The molecule has 41 heavy (non-hydrogen) atoms. The molecule has 2 aromatic rings. The highest BCUT2D eigenvalue weighted by Crippen LogP contribution is 2.20. The van der Waals surface area contributed by atoms with E-state index < -0.39 is 11.5 Å². The number of carbonyl (C=O) groups is 3. The first-order valence-corrected chi connectivity index (χ1v) is 14.3. The van der Waals surface area contributed by atoms with Gasteiger partial charge in [0.1, 0.15) is 17.0 Å². The maximum absolute atomic E-state index is 13.0. The number of primary amides is 1. The molecule has 1 saturated carbocycles. The standard InChI is InChI=1S/C29H44N8O4/c1-5-15-32-25-21(18-34-27(37-25)35-20-13-11-19(12-14-20)24(30)38)26(39)33-17-8-16-31-22-9-6-7-10-23(22)36-28(40)41-29(2,3)4/h11-14,18,22-23,31H,5-10,15-17H2,1-4H3,(H2,30,38)(H,33,39)(H,36,40)(H2,32,34,35,37)/t22?,23-/m0/s1. The number of carbonyl (C=O) groups excluding carboxylic acids is 3. The van der Waals surface area contributed by atoms with Crippen LogP contribution in [0.2, 0.25) is 0 Å². The van der Waals surface area contributed by atoms with Crippen LogP contribution in [0.5, 0.6) is 0 Å². The molecule has 3 amide bonds. The monoisotopic (exact) mass is 568 g/mol. The number of benzene rings is 1. The minimum Gasteiger partial charge on any atom is -0.444 e. The van der Waals surface area contributed by atoms with Gasteiger partial charge in [-0.25, -0.2) is 9.78 Å². The van der Waals surface area contributed by atoms with E-state index in [0.29, 0.717) is 48.2 Å². The molecular weight excluding hydrogens is 524 g/mol. The number of hydrogen-bond acceptors (Lipinski definition) is 9. The molecule has 1 heterocycles. The fraction of sp³-hybridized carbons (Fsp3) is 0.552. The maximum Gasteiger partial charge on any atom is 0.407 e. The Labute approximate surface area is 242 Å². The van der Waals surface area contributed by atoms with Crippen LogP contribution in [0.1, 0.15) is 86.9 Å². The van der Waals surface area contributed by atoms with Gasteiger partial charge >= 0.3 is 6.09 Å². The van der Waals surface area contributed by atoms with Crippen LogP contribution in [0.15, 0.2) is 30.5 Å². The summed E-state index contributed by atoms with van der Waals surface area (Å²) in [5, 5.41) is 15.8. The van der Waals surface area contributed by atoms with Gasteiger partial charge in [-0.05, 0) is 77.3 Å². The third kappa shape index (κ3) is 10.5. The van der Waals surface area contributed by atoms with E-state index in [-0.39, 0.29) is 24.1 Å². The summed E-state index contributed by atoms with van der Waals surface area (Å²) >= 11 is 0. The maximum atomic E-state index is 13.0. The van der Waals surface area contributed by atoms with Crippen LogP contribution < -0.4 is 32.3 Å². The van der Waals surface area contributed by atoms with Crippen molar-refractivity contribution in [2.45, 2.75) is 83.9 Å². The van der Waals surface area contributed by atoms with E-state index >= 15 is 0 Å². The van der Waals surface area contributed by atoms with Crippen LogP contribution in [0, 0.1) is 0 Å². The number of amides is 3. The summed E-state index contributed by atoms with van der Waals surface area (Å²) < 4.78 is 5.42. The Hall–Kier alpha value is -3.93. The lowest BCUT2D eigenvalue weighted by Crippen LogP contribution is -2.52. The first kappa shape index (κ1) is 31.6. The lowest BCUT2D eigenvalue weighted by atomic mass is 9.90. The van der Waals surface area contributed by atoms with Crippen molar-refractivity contribution in [3.05, 3.63) is 41.6 Å². The van der Waals surface area contributed by atoms with Crippen LogP contribution in [0.4, 0.5) is 22.2 Å². The number of rotatable bonds is 13. The fourth-order valence-electron chi connectivity index (χ4n) is 4.51. The fourth-order valence-corrected chi connectivity index (χ4v) is 4.51. The normalized spacial score (nSPS) is 16.9. The van der Waals surface area contributed by atoms with Crippen molar-refractivity contribution in [2.75, 3.05) is 30.3 Å². The van der Waals surface area contributed by atoms with Gasteiger partial charge in [0.2, 0.25) is 11.9 Å². The Morgan fingerprint density at radius 2 is 1.73 bits per heavy atom. The highest BCUT2D eigenvalue weighted by Gasteiger charge is 2.28. The van der Waals surface area contributed by atoms with Crippen molar-refractivity contribution in [2.24, 2.45) is 5.73 Å². The van der Waals surface area contributed by atoms with Crippen molar-refractivity contribution in [1.29, 1.82) is 0 Å². The molecule has 0 bridgehead atoms. The molecule has 1 aromatic heterocycles. The number of ether oxygens (including phenoxy) is 1. The number of anilines is 3. The molecule has 1 aliphatic carbocycles. The molecule has 0 aliphatic heterocycles. The predicted octanol–water partition coefficient (Wildman–Crippen LogP) is 3.69. The third-order valence-corrected chi connectivity index (χ3v) is 6.52. The summed E-state index contributed by atoms with van der Waals surface area (Å²) in [6, 6.07) is 6.83. The smallest absolute Gasteiger partial charge is 0.407 e. The van der Waals surface area contributed by atoms with Crippen molar-refractivity contribution in [3.8, 4) is 0 Å². The molecule has 1 aliphatic rings. The highest BCUT2D eigenvalue weighted by atomic mass is 16.6. The summed E-state index contributed by atoms with van der Waals surface area (Å²) in [4.78, 5) is 45.3. The van der Waals surface area contributed by atoms with E-state index in [9.17, 15) is 14.4 Å². The van der Waals surface area contributed by atoms with Crippen molar-refractivity contribution < 1.29 is 19.1 Å². The van der Waals surface area contributed by atoms with E-state index in [1.54, 1.807) is 24.3 Å². The summed E-state index contributed by atoms with van der Waals surface area (Å²) in [5.74, 6) is -0.00770. The Bertz CT molecular complexity index is 1170. The minimum absolute atomic E-state index is 0.0192. The minimum atomic E-state index is -0.534. The highest BCUT2D eigenvalue weighted by molar-refractivity contribution is 5.98. The molecule has 12 heteroatoms. The zero-order valence-corrected chi connectivity index (χ0v) is 24.5. The molecule has 3 rings (SSSR count). The number of aromatic nitrogens is 2. The zero-order chi connectivity index (χ0) is 29.8. The Morgan fingerprint density at radius 1 is 1.02 bits per heavy atom. The summed E-state index contributed by atoms with van der Waals surface area (Å²) in [6.45, 7) is 9.41. The van der Waals surface area contributed by atoms with Crippen LogP contribution in [0.3, 0.4) is 0 Å². The molecule has 0 spiro atoms. The second kappa shape index (κ2) is 15.2. The van der Waals surface area contributed by atoms with Crippen LogP contribution in [-0.4, -0.2) is 65.2 Å². The van der Waals surface area contributed by atoms with Crippen molar-refractivity contribution >= 4 is 35.4 Å². The van der Waals surface area contributed by atoms with Gasteiger partial charge in [-0.1, -0.05) is 19.8 Å². The summed E-state index contributed by atoms with van der Waals surface area (Å²) in [7, 11) is 0. The first-order chi connectivity index (χ1) is 19.6. The van der Waals surface area contributed by atoms with E-state index in [1.807, 2.05) is 27.7 Å². The molecule has 12 nitrogen and oxygen atoms in total. The molecule has 224 valence electrons.